The van der Waals surface area contributed by atoms with Gasteiger partial charge in [0.25, 0.3) is 5.56 Å². The molecule has 3 heterocycles. The van der Waals surface area contributed by atoms with E-state index in [9.17, 15) is 14.4 Å². The van der Waals surface area contributed by atoms with Gasteiger partial charge >= 0.3 is 6.03 Å². The summed E-state index contributed by atoms with van der Waals surface area (Å²) in [6, 6.07) is 9.23. The fourth-order valence-corrected chi connectivity index (χ4v) is 5.16. The lowest BCUT2D eigenvalue weighted by atomic mass is 9.88. The highest BCUT2D eigenvalue weighted by molar-refractivity contribution is 6.34. The van der Waals surface area contributed by atoms with Gasteiger partial charge in [0.1, 0.15) is 5.69 Å². The summed E-state index contributed by atoms with van der Waals surface area (Å²) in [4.78, 5) is 40.4. The van der Waals surface area contributed by atoms with E-state index in [1.807, 2.05) is 41.1 Å². The third-order valence-corrected chi connectivity index (χ3v) is 7.19. The van der Waals surface area contributed by atoms with Crippen LogP contribution in [0.15, 0.2) is 41.3 Å². The molecule has 0 bridgehead atoms. The second-order valence-corrected chi connectivity index (χ2v) is 9.37. The van der Waals surface area contributed by atoms with Crippen LogP contribution in [0.2, 0.25) is 5.02 Å². The fourth-order valence-electron chi connectivity index (χ4n) is 4.77. The van der Waals surface area contributed by atoms with Gasteiger partial charge in [-0.3, -0.25) is 19.8 Å². The molecule has 7 nitrogen and oxygen atoms in total. The maximum Gasteiger partial charge on any atom is 0.328 e. The summed E-state index contributed by atoms with van der Waals surface area (Å²) in [5.74, 6) is 0.650. The molecule has 1 saturated carbocycles. The Labute approximate surface area is 192 Å². The van der Waals surface area contributed by atoms with Crippen LogP contribution >= 0.6 is 11.6 Å². The van der Waals surface area contributed by atoms with Gasteiger partial charge in [0.15, 0.2) is 0 Å². The van der Waals surface area contributed by atoms with E-state index in [0.29, 0.717) is 23.2 Å². The van der Waals surface area contributed by atoms with Gasteiger partial charge in [0.2, 0.25) is 5.91 Å². The largest absolute Gasteiger partial charge is 0.367 e. The minimum absolute atomic E-state index is 0.100. The number of imide groups is 1. The van der Waals surface area contributed by atoms with Crippen LogP contribution in [0, 0.1) is 5.92 Å². The van der Waals surface area contributed by atoms with Gasteiger partial charge in [-0.2, -0.15) is 0 Å². The molecule has 0 radical (unpaired) electrons. The van der Waals surface area contributed by atoms with Gasteiger partial charge in [0.05, 0.1) is 10.7 Å². The molecule has 0 spiro atoms. The lowest BCUT2D eigenvalue weighted by Gasteiger charge is -2.34. The summed E-state index contributed by atoms with van der Waals surface area (Å²) in [5.41, 5.74) is 2.54. The van der Waals surface area contributed by atoms with E-state index < -0.39 is 6.03 Å². The van der Waals surface area contributed by atoms with E-state index in [1.165, 1.54) is 17.7 Å². The molecule has 1 N–H and O–H groups in total. The third-order valence-electron chi connectivity index (χ3n) is 6.78. The van der Waals surface area contributed by atoms with Crippen molar-refractivity contribution in [2.24, 2.45) is 5.92 Å². The van der Waals surface area contributed by atoms with Crippen molar-refractivity contribution < 1.29 is 9.59 Å². The number of amides is 3. The first kappa shape index (κ1) is 21.1. The van der Waals surface area contributed by atoms with Crippen molar-refractivity contribution >= 4 is 34.9 Å². The summed E-state index contributed by atoms with van der Waals surface area (Å²) >= 11 is 6.76. The van der Waals surface area contributed by atoms with Crippen molar-refractivity contribution in [3.05, 3.63) is 57.5 Å². The van der Waals surface area contributed by atoms with E-state index in [4.69, 9.17) is 11.6 Å². The Morgan fingerprint density at radius 1 is 0.938 bits per heavy atom. The quantitative estimate of drug-likeness (QED) is 0.746. The summed E-state index contributed by atoms with van der Waals surface area (Å²) < 4.78 is 1.85. The molecule has 0 atom stereocenters. The number of piperidine rings is 1. The van der Waals surface area contributed by atoms with E-state index in [-0.39, 0.29) is 23.8 Å². The molecule has 1 aromatic heterocycles. The summed E-state index contributed by atoms with van der Waals surface area (Å²) in [7, 11) is 0. The first-order valence-corrected chi connectivity index (χ1v) is 11.7. The van der Waals surface area contributed by atoms with Gasteiger partial charge in [-0.25, -0.2) is 4.79 Å². The Hall–Kier alpha value is -2.80. The maximum absolute atomic E-state index is 12.9. The smallest absolute Gasteiger partial charge is 0.328 e. The lowest BCUT2D eigenvalue weighted by molar-refractivity contribution is -0.120. The number of carbonyl (C=O) groups excluding carboxylic acids is 2. The van der Waals surface area contributed by atoms with E-state index in [2.05, 4.69) is 10.2 Å². The zero-order valence-electron chi connectivity index (χ0n) is 17.9. The molecule has 3 aliphatic rings. The number of pyridine rings is 1. The van der Waals surface area contributed by atoms with Gasteiger partial charge in [-0.1, -0.05) is 23.7 Å². The highest BCUT2D eigenvalue weighted by atomic mass is 35.5. The predicted molar refractivity (Wildman–Crippen MR) is 125 cm³/mol. The lowest BCUT2D eigenvalue weighted by Crippen LogP contribution is -2.49. The number of aromatic nitrogens is 1. The Balaban J connectivity index is 1.30. The minimum Gasteiger partial charge on any atom is -0.367 e. The van der Waals surface area contributed by atoms with Gasteiger partial charge in [-0.15, -0.1) is 0 Å². The number of halogens is 1. The average Bonchev–Trinajstić information content (AvgIpc) is 3.60. The number of urea groups is 1. The second-order valence-electron chi connectivity index (χ2n) is 8.99. The molecular weight excluding hydrogens is 428 g/mol. The molecule has 3 amide bonds. The average molecular weight is 455 g/mol. The summed E-state index contributed by atoms with van der Waals surface area (Å²) in [6.07, 6.45) is 6.36. The molecule has 1 aromatic carbocycles. The first-order valence-electron chi connectivity index (χ1n) is 11.4. The molecule has 32 heavy (non-hydrogen) atoms. The molecule has 3 fully saturated rings. The topological polar surface area (TPSA) is 74.7 Å². The van der Waals surface area contributed by atoms with Gasteiger partial charge in [0, 0.05) is 38.8 Å². The molecule has 168 valence electrons. The van der Waals surface area contributed by atoms with E-state index >= 15 is 0 Å². The Morgan fingerprint density at radius 3 is 2.41 bits per heavy atom. The molecular formula is C24H27ClN4O3. The zero-order valence-corrected chi connectivity index (χ0v) is 18.7. The van der Waals surface area contributed by atoms with Crippen LogP contribution in [0.25, 0.3) is 0 Å². The van der Waals surface area contributed by atoms with Crippen LogP contribution in [-0.4, -0.2) is 36.1 Å². The second kappa shape index (κ2) is 8.62. The summed E-state index contributed by atoms with van der Waals surface area (Å²) in [6.45, 7) is 2.72. The Morgan fingerprint density at radius 2 is 1.69 bits per heavy atom. The standard InChI is InChI=1S/C24H27ClN4O3/c25-22-18(3-1-4-19(22)29-14-10-21(30)26-24(29)32)17-8-12-27(13-9-17)20-5-2-11-28(23(20)31)15-16-6-7-16/h1-5,11,16-17H,6-10,12-15H2,(H,26,30,32). The molecule has 5 rings (SSSR count). The highest BCUT2D eigenvalue weighted by Gasteiger charge is 2.29. The Bertz CT molecular complexity index is 1100. The van der Waals surface area contributed by atoms with Crippen LogP contribution in [0.4, 0.5) is 16.2 Å². The fraction of sp³-hybridized carbons (Fsp3) is 0.458. The number of hydrogen-bond donors (Lipinski definition) is 1. The van der Waals surface area contributed by atoms with Crippen LogP contribution in [-0.2, 0) is 11.3 Å². The molecule has 0 unspecified atom stereocenters. The molecule has 2 saturated heterocycles. The Kier molecular flexibility index (Phi) is 5.67. The van der Waals surface area contributed by atoms with E-state index in [1.54, 1.807) is 0 Å². The van der Waals surface area contributed by atoms with Crippen molar-refractivity contribution in [1.82, 2.24) is 9.88 Å². The number of hydrogen-bond acceptors (Lipinski definition) is 4. The predicted octanol–water partition coefficient (Wildman–Crippen LogP) is 3.74. The van der Waals surface area contributed by atoms with Crippen molar-refractivity contribution in [3.63, 3.8) is 0 Å². The number of carbonyl (C=O) groups is 2. The first-order chi connectivity index (χ1) is 15.5. The van der Waals surface area contributed by atoms with Crippen molar-refractivity contribution in [3.8, 4) is 0 Å². The van der Waals surface area contributed by atoms with Gasteiger partial charge in [-0.05, 0) is 61.3 Å². The number of rotatable bonds is 5. The zero-order chi connectivity index (χ0) is 22.2. The number of anilines is 2. The number of nitrogens with one attached hydrogen (secondary N) is 1. The maximum atomic E-state index is 12.9. The molecule has 1 aliphatic carbocycles. The summed E-state index contributed by atoms with van der Waals surface area (Å²) in [5, 5.41) is 2.93. The molecule has 8 heteroatoms. The highest BCUT2D eigenvalue weighted by Crippen LogP contribution is 2.39. The van der Waals surface area contributed by atoms with E-state index in [0.717, 1.165) is 43.7 Å². The van der Waals surface area contributed by atoms with Crippen molar-refractivity contribution in [2.75, 3.05) is 29.4 Å². The molecule has 2 aliphatic heterocycles. The van der Waals surface area contributed by atoms with Crippen molar-refractivity contribution in [1.29, 1.82) is 0 Å². The minimum atomic E-state index is -0.429. The van der Waals surface area contributed by atoms with Crippen LogP contribution in [0.1, 0.15) is 43.6 Å². The normalized spacial score (nSPS) is 19.9. The molecule has 2 aromatic rings. The number of nitrogens with zero attached hydrogens (tertiary/aromatic N) is 3. The van der Waals surface area contributed by atoms with Crippen LogP contribution < -0.4 is 20.7 Å². The van der Waals surface area contributed by atoms with Crippen molar-refractivity contribution in [2.45, 2.75) is 44.6 Å². The monoisotopic (exact) mass is 454 g/mol. The SMILES string of the molecule is O=C1CCN(c2cccc(C3CCN(c4cccn(CC5CC5)c4=O)CC3)c2Cl)C(=O)N1. The van der Waals surface area contributed by atoms with Crippen LogP contribution in [0.5, 0.6) is 0 Å². The van der Waals surface area contributed by atoms with Crippen LogP contribution in [0.3, 0.4) is 0 Å². The third kappa shape index (κ3) is 4.13. The number of benzene rings is 1. The van der Waals surface area contributed by atoms with Gasteiger partial charge < -0.3 is 9.47 Å².